The molecule has 0 radical (unpaired) electrons. The lowest BCUT2D eigenvalue weighted by atomic mass is 10.0. The van der Waals surface area contributed by atoms with Gasteiger partial charge < -0.3 is 9.64 Å². The highest BCUT2D eigenvalue weighted by molar-refractivity contribution is 6.21. The number of benzene rings is 2. The maximum atomic E-state index is 13.7. The number of likely N-dealkylation sites (tertiary alicyclic amines) is 1. The zero-order valence-electron chi connectivity index (χ0n) is 15.7. The number of carbonyl (C=O) groups is 3. The summed E-state index contributed by atoms with van der Waals surface area (Å²) in [5.74, 6) is -2.49. The van der Waals surface area contributed by atoms with E-state index in [1.54, 1.807) is 11.0 Å². The van der Waals surface area contributed by atoms with Crippen molar-refractivity contribution in [2.24, 2.45) is 0 Å². The number of imide groups is 1. The van der Waals surface area contributed by atoms with Crippen LogP contribution in [0, 0.1) is 11.6 Å². The summed E-state index contributed by atoms with van der Waals surface area (Å²) in [7, 11) is 1.40. The van der Waals surface area contributed by atoms with Gasteiger partial charge in [-0.15, -0.1) is 0 Å². The van der Waals surface area contributed by atoms with Gasteiger partial charge in [0.15, 0.2) is 11.6 Å². The number of fused-ring (bicyclic) bond motifs is 1. The molecule has 0 bridgehead atoms. The molecular weight excluding hydrogens is 382 g/mol. The number of carbonyl (C=O) groups excluding carboxylic acids is 3. The molecule has 2 aliphatic heterocycles. The number of rotatable bonds is 3. The largest absolute Gasteiger partial charge is 0.487 e. The first-order valence-electron chi connectivity index (χ1n) is 9.22. The summed E-state index contributed by atoms with van der Waals surface area (Å²) in [5.41, 5.74) is 0.861. The van der Waals surface area contributed by atoms with E-state index in [9.17, 15) is 23.2 Å². The summed E-state index contributed by atoms with van der Waals surface area (Å²) in [5, 5.41) is 0. The summed E-state index contributed by atoms with van der Waals surface area (Å²) < 4.78 is 32.3. The van der Waals surface area contributed by atoms with Gasteiger partial charge in [0.05, 0.1) is 11.1 Å². The number of ether oxygens (including phenoxy) is 1. The number of halogens is 2. The molecule has 0 aromatic heterocycles. The highest BCUT2D eigenvalue weighted by atomic mass is 19.1. The normalized spacial score (nSPS) is 16.9. The minimum Gasteiger partial charge on any atom is -0.487 e. The van der Waals surface area contributed by atoms with E-state index in [4.69, 9.17) is 4.74 Å². The van der Waals surface area contributed by atoms with Crippen molar-refractivity contribution in [1.82, 2.24) is 9.80 Å². The first kappa shape index (κ1) is 19.0. The molecule has 2 aromatic carbocycles. The van der Waals surface area contributed by atoms with Gasteiger partial charge in [-0.2, -0.15) is 0 Å². The van der Waals surface area contributed by atoms with E-state index in [0.29, 0.717) is 37.1 Å². The second kappa shape index (κ2) is 7.27. The van der Waals surface area contributed by atoms with Gasteiger partial charge in [0.25, 0.3) is 17.7 Å². The lowest BCUT2D eigenvalue weighted by molar-refractivity contribution is 0.0587. The highest BCUT2D eigenvalue weighted by Crippen LogP contribution is 2.26. The molecule has 0 aliphatic carbocycles. The molecular formula is C21H18F2N2O4. The van der Waals surface area contributed by atoms with Crippen LogP contribution in [0.2, 0.25) is 0 Å². The summed E-state index contributed by atoms with van der Waals surface area (Å²) >= 11 is 0. The lowest BCUT2D eigenvalue weighted by Gasteiger charge is -2.32. The third kappa shape index (κ3) is 3.46. The van der Waals surface area contributed by atoms with E-state index in [1.165, 1.54) is 25.2 Å². The molecule has 150 valence electrons. The fraction of sp³-hybridized carbons (Fsp3) is 0.286. The molecule has 3 amide bonds. The van der Waals surface area contributed by atoms with Crippen LogP contribution in [0.15, 0.2) is 36.4 Å². The SMILES string of the molecule is CN1C(=O)c2ccc(C(=O)N3CCC(Oc4ccc(F)cc4F)CC3)cc2C1=O. The van der Waals surface area contributed by atoms with Crippen LogP contribution < -0.4 is 4.74 Å². The Balaban J connectivity index is 1.41. The number of hydrogen-bond acceptors (Lipinski definition) is 4. The Morgan fingerprint density at radius 3 is 2.38 bits per heavy atom. The monoisotopic (exact) mass is 400 g/mol. The summed E-state index contributed by atoms with van der Waals surface area (Å²) in [6.07, 6.45) is 0.702. The Morgan fingerprint density at radius 2 is 1.69 bits per heavy atom. The standard InChI is InChI=1S/C21H18F2N2O4/c1-24-20(27)15-4-2-12(10-16(15)21(24)28)19(26)25-8-6-14(7-9-25)29-18-5-3-13(22)11-17(18)23/h2-5,10-11,14H,6-9H2,1H3. The van der Waals surface area contributed by atoms with Crippen molar-refractivity contribution in [1.29, 1.82) is 0 Å². The molecule has 0 spiro atoms. The third-order valence-electron chi connectivity index (χ3n) is 5.25. The molecule has 1 fully saturated rings. The number of hydrogen-bond donors (Lipinski definition) is 0. The Labute approximate surface area is 165 Å². The van der Waals surface area contributed by atoms with Crippen molar-refractivity contribution in [3.05, 3.63) is 64.7 Å². The van der Waals surface area contributed by atoms with E-state index in [2.05, 4.69) is 0 Å². The maximum Gasteiger partial charge on any atom is 0.261 e. The average molecular weight is 400 g/mol. The van der Waals surface area contributed by atoms with E-state index >= 15 is 0 Å². The highest BCUT2D eigenvalue weighted by Gasteiger charge is 2.34. The molecule has 0 saturated carbocycles. The molecule has 2 aliphatic rings. The number of amides is 3. The van der Waals surface area contributed by atoms with E-state index in [1.807, 2.05) is 0 Å². The molecule has 0 unspecified atom stereocenters. The Hall–Kier alpha value is -3.29. The van der Waals surface area contributed by atoms with Gasteiger partial charge in [0.1, 0.15) is 11.9 Å². The van der Waals surface area contributed by atoms with E-state index in [-0.39, 0.29) is 29.2 Å². The summed E-state index contributed by atoms with van der Waals surface area (Å²) in [6.45, 7) is 0.798. The van der Waals surface area contributed by atoms with Crippen LogP contribution in [0.5, 0.6) is 5.75 Å². The zero-order chi connectivity index (χ0) is 20.7. The molecule has 0 atom stereocenters. The molecule has 2 heterocycles. The van der Waals surface area contributed by atoms with Crippen LogP contribution in [0.3, 0.4) is 0 Å². The molecule has 1 saturated heterocycles. The first-order valence-corrected chi connectivity index (χ1v) is 9.22. The molecule has 2 aromatic rings. The van der Waals surface area contributed by atoms with Gasteiger partial charge in [0.2, 0.25) is 0 Å². The number of piperidine rings is 1. The predicted molar refractivity (Wildman–Crippen MR) is 98.8 cm³/mol. The zero-order valence-corrected chi connectivity index (χ0v) is 15.7. The fourth-order valence-corrected chi connectivity index (χ4v) is 3.60. The van der Waals surface area contributed by atoms with Crippen molar-refractivity contribution in [2.75, 3.05) is 20.1 Å². The summed E-state index contributed by atoms with van der Waals surface area (Å²) in [6, 6.07) is 7.65. The first-order chi connectivity index (χ1) is 13.8. The van der Waals surface area contributed by atoms with Crippen LogP contribution in [0.1, 0.15) is 43.9 Å². The fourth-order valence-electron chi connectivity index (χ4n) is 3.60. The second-order valence-corrected chi connectivity index (χ2v) is 7.11. The predicted octanol–water partition coefficient (Wildman–Crippen LogP) is 2.87. The van der Waals surface area contributed by atoms with Gasteiger partial charge in [-0.1, -0.05) is 0 Å². The van der Waals surface area contributed by atoms with Crippen LogP contribution in [0.4, 0.5) is 8.78 Å². The van der Waals surface area contributed by atoms with Gasteiger partial charge in [-0.25, -0.2) is 8.78 Å². The number of nitrogens with zero attached hydrogens (tertiary/aromatic N) is 2. The van der Waals surface area contributed by atoms with Crippen molar-refractivity contribution in [3.63, 3.8) is 0 Å². The van der Waals surface area contributed by atoms with Gasteiger partial charge in [-0.3, -0.25) is 19.3 Å². The van der Waals surface area contributed by atoms with Crippen molar-refractivity contribution >= 4 is 17.7 Å². The minimum absolute atomic E-state index is 0.0119. The van der Waals surface area contributed by atoms with Crippen molar-refractivity contribution in [3.8, 4) is 5.75 Å². The summed E-state index contributed by atoms with van der Waals surface area (Å²) in [4.78, 5) is 39.6. The van der Waals surface area contributed by atoms with Gasteiger partial charge in [0, 0.05) is 44.6 Å². The Kier molecular flexibility index (Phi) is 4.77. The topological polar surface area (TPSA) is 66.9 Å². The van der Waals surface area contributed by atoms with Crippen molar-refractivity contribution < 1.29 is 27.9 Å². The quantitative estimate of drug-likeness (QED) is 0.744. The Bertz CT molecular complexity index is 1020. The molecule has 29 heavy (non-hydrogen) atoms. The van der Waals surface area contributed by atoms with E-state index in [0.717, 1.165) is 17.0 Å². The van der Waals surface area contributed by atoms with Gasteiger partial charge in [-0.05, 0) is 30.3 Å². The van der Waals surface area contributed by atoms with E-state index < -0.39 is 17.5 Å². The van der Waals surface area contributed by atoms with Crippen molar-refractivity contribution in [2.45, 2.75) is 18.9 Å². The Morgan fingerprint density at radius 1 is 1.00 bits per heavy atom. The smallest absolute Gasteiger partial charge is 0.261 e. The second-order valence-electron chi connectivity index (χ2n) is 7.11. The third-order valence-corrected chi connectivity index (χ3v) is 5.25. The van der Waals surface area contributed by atoms with Crippen LogP contribution in [-0.4, -0.2) is 53.8 Å². The van der Waals surface area contributed by atoms with Gasteiger partial charge >= 0.3 is 0 Å². The molecule has 6 nitrogen and oxygen atoms in total. The average Bonchev–Trinajstić information content (AvgIpc) is 2.94. The molecule has 4 rings (SSSR count). The van der Waals surface area contributed by atoms with Crippen LogP contribution >= 0.6 is 0 Å². The van der Waals surface area contributed by atoms with Crippen LogP contribution in [0.25, 0.3) is 0 Å². The van der Waals surface area contributed by atoms with Crippen LogP contribution in [-0.2, 0) is 0 Å². The minimum atomic E-state index is -0.758. The lowest BCUT2D eigenvalue weighted by Crippen LogP contribution is -2.41. The molecule has 8 heteroatoms. The molecule has 0 N–H and O–H groups in total. The maximum absolute atomic E-state index is 13.7.